The molecule has 9 heteroatoms. The van der Waals surface area contributed by atoms with E-state index in [0.717, 1.165) is 11.4 Å². The molecule has 0 saturated heterocycles. The molecule has 0 amide bonds. The molecular formula is C10H6Cl2N6S. The van der Waals surface area contributed by atoms with Crippen LogP contribution in [0, 0.1) is 0 Å². The molecule has 3 N–H and O–H groups in total. The van der Waals surface area contributed by atoms with Gasteiger partial charge in [-0.25, -0.2) is 9.97 Å². The molecule has 0 bridgehead atoms. The number of aromatic nitrogens is 2. The van der Waals surface area contributed by atoms with Gasteiger partial charge < -0.3 is 11.1 Å². The molecule has 1 aliphatic rings. The maximum absolute atomic E-state index is 6.16. The zero-order valence-electron chi connectivity index (χ0n) is 9.26. The van der Waals surface area contributed by atoms with E-state index in [9.17, 15) is 0 Å². The first kappa shape index (κ1) is 12.3. The summed E-state index contributed by atoms with van der Waals surface area (Å²) in [4.78, 5) is 8.03. The van der Waals surface area contributed by atoms with Gasteiger partial charge in [-0.3, -0.25) is 0 Å². The zero-order chi connectivity index (χ0) is 13.4. The van der Waals surface area contributed by atoms with Gasteiger partial charge in [-0.1, -0.05) is 23.2 Å². The molecule has 6 nitrogen and oxygen atoms in total. The number of rotatable bonds is 2. The lowest BCUT2D eigenvalue weighted by Crippen LogP contribution is -1.98. The minimum Gasteiger partial charge on any atom is -0.382 e. The number of nitrogen functional groups attached to an aromatic ring is 1. The Labute approximate surface area is 121 Å². The third-order valence-corrected chi connectivity index (χ3v) is 3.48. The van der Waals surface area contributed by atoms with E-state index in [0.29, 0.717) is 38.7 Å². The molecule has 0 fully saturated rings. The van der Waals surface area contributed by atoms with Crippen molar-refractivity contribution in [3.63, 3.8) is 0 Å². The zero-order valence-corrected chi connectivity index (χ0v) is 11.6. The molecule has 0 radical (unpaired) electrons. The van der Waals surface area contributed by atoms with Crippen molar-refractivity contribution < 1.29 is 0 Å². The second-order valence-electron chi connectivity index (χ2n) is 3.63. The van der Waals surface area contributed by atoms with E-state index in [2.05, 4.69) is 24.0 Å². The van der Waals surface area contributed by atoms with Gasteiger partial charge in [0.2, 0.25) is 0 Å². The van der Waals surface area contributed by atoms with Gasteiger partial charge in [0.15, 0.2) is 0 Å². The van der Waals surface area contributed by atoms with Gasteiger partial charge in [-0.15, -0.1) is 0 Å². The summed E-state index contributed by atoms with van der Waals surface area (Å²) >= 11 is 13.3. The van der Waals surface area contributed by atoms with Crippen LogP contribution in [0.25, 0.3) is 0 Å². The number of halogens is 2. The summed E-state index contributed by atoms with van der Waals surface area (Å²) in [6, 6.07) is 1.61. The Balaban J connectivity index is 2.05. The molecule has 1 aromatic carbocycles. The SMILES string of the molecule is Nc1cnc(Nc2c(Cl)cc(Cl)c3c2N=S=N3)cn1. The molecule has 3 rings (SSSR count). The van der Waals surface area contributed by atoms with Gasteiger partial charge in [0.25, 0.3) is 0 Å². The second-order valence-corrected chi connectivity index (χ2v) is 4.97. The predicted molar refractivity (Wildman–Crippen MR) is 77.7 cm³/mol. The Morgan fingerprint density at radius 1 is 1.05 bits per heavy atom. The van der Waals surface area contributed by atoms with E-state index < -0.39 is 0 Å². The molecule has 0 saturated carbocycles. The normalized spacial score (nSPS) is 12.1. The first-order valence-electron chi connectivity index (χ1n) is 5.10. The predicted octanol–water partition coefficient (Wildman–Crippen LogP) is 3.84. The number of nitrogens with two attached hydrogens (primary N) is 1. The van der Waals surface area contributed by atoms with Crippen molar-refractivity contribution in [2.45, 2.75) is 0 Å². The smallest absolute Gasteiger partial charge is 0.149 e. The molecule has 0 spiro atoms. The van der Waals surface area contributed by atoms with Crippen LogP contribution in [-0.2, 0) is 11.4 Å². The van der Waals surface area contributed by atoms with Crippen molar-refractivity contribution in [2.75, 3.05) is 11.1 Å². The van der Waals surface area contributed by atoms with E-state index in [1.807, 2.05) is 0 Å². The van der Waals surface area contributed by atoms with Gasteiger partial charge >= 0.3 is 0 Å². The molecular weight excluding hydrogens is 307 g/mol. The number of nitrogens with one attached hydrogen (secondary N) is 1. The van der Waals surface area contributed by atoms with Crippen LogP contribution in [0.5, 0.6) is 0 Å². The van der Waals surface area contributed by atoms with Gasteiger partial charge in [0, 0.05) is 0 Å². The Kier molecular flexibility index (Phi) is 3.09. The standard InChI is InChI=1S/C10H6Cl2N6S/c11-4-1-5(12)9-10(18-19-17-9)8(4)16-7-3-14-6(13)2-15-7/h1-3H,(H2,13,14)(H,15,16). The van der Waals surface area contributed by atoms with Crippen molar-refractivity contribution in [1.29, 1.82) is 0 Å². The maximum atomic E-state index is 6.16. The summed E-state index contributed by atoms with van der Waals surface area (Å²) in [6.45, 7) is 0. The molecule has 2 aromatic rings. The monoisotopic (exact) mass is 312 g/mol. The van der Waals surface area contributed by atoms with Crippen molar-refractivity contribution in [3.05, 3.63) is 28.5 Å². The van der Waals surface area contributed by atoms with Crippen LogP contribution in [0.1, 0.15) is 0 Å². The Morgan fingerprint density at radius 3 is 2.58 bits per heavy atom. The topological polar surface area (TPSA) is 88.5 Å². The summed E-state index contributed by atoms with van der Waals surface area (Å²) in [6.07, 6.45) is 2.95. The molecule has 1 aliphatic heterocycles. The Hall–Kier alpha value is -1.70. The van der Waals surface area contributed by atoms with Crippen molar-refractivity contribution in [1.82, 2.24) is 9.97 Å². The van der Waals surface area contributed by atoms with Crippen LogP contribution in [-0.4, -0.2) is 9.97 Å². The number of benzene rings is 1. The van der Waals surface area contributed by atoms with E-state index in [-0.39, 0.29) is 0 Å². The number of hydrogen-bond acceptors (Lipinski definition) is 6. The number of hydrogen-bond donors (Lipinski definition) is 2. The third-order valence-electron chi connectivity index (χ3n) is 2.37. The van der Waals surface area contributed by atoms with Crippen LogP contribution >= 0.6 is 23.2 Å². The van der Waals surface area contributed by atoms with Crippen LogP contribution in [0.3, 0.4) is 0 Å². The lowest BCUT2D eigenvalue weighted by Gasteiger charge is -2.11. The van der Waals surface area contributed by atoms with E-state index in [1.165, 1.54) is 12.4 Å². The van der Waals surface area contributed by atoms with E-state index >= 15 is 0 Å². The third kappa shape index (κ3) is 2.27. The quantitative estimate of drug-likeness (QED) is 0.752. The molecule has 2 heterocycles. The molecule has 0 unspecified atom stereocenters. The van der Waals surface area contributed by atoms with Crippen LogP contribution < -0.4 is 11.1 Å². The summed E-state index contributed by atoms with van der Waals surface area (Å²) in [5.74, 6) is 0.848. The molecule has 96 valence electrons. The minimum atomic E-state index is 0.341. The fraction of sp³-hybridized carbons (Fsp3) is 0. The average Bonchev–Trinajstić information content (AvgIpc) is 2.86. The highest BCUT2D eigenvalue weighted by molar-refractivity contribution is 7.58. The number of anilines is 3. The summed E-state index contributed by atoms with van der Waals surface area (Å²) in [5.41, 5.74) is 7.27. The van der Waals surface area contributed by atoms with Crippen molar-refractivity contribution in [2.24, 2.45) is 8.73 Å². The Bertz CT molecular complexity index is 724. The first-order valence-corrected chi connectivity index (χ1v) is 6.58. The van der Waals surface area contributed by atoms with Crippen molar-refractivity contribution in [3.8, 4) is 0 Å². The largest absolute Gasteiger partial charge is 0.382 e. The van der Waals surface area contributed by atoms with Crippen LogP contribution in [0.2, 0.25) is 10.0 Å². The van der Waals surface area contributed by atoms with Crippen molar-refractivity contribution >= 4 is 63.3 Å². The van der Waals surface area contributed by atoms with Crippen LogP contribution in [0.15, 0.2) is 27.2 Å². The van der Waals surface area contributed by atoms with Gasteiger partial charge in [0.05, 0.1) is 39.5 Å². The first-order chi connectivity index (χ1) is 9.15. The lowest BCUT2D eigenvalue weighted by molar-refractivity contribution is 1.21. The number of fused-ring (bicyclic) bond motifs is 1. The van der Waals surface area contributed by atoms with Gasteiger partial charge in [-0.05, 0) is 6.07 Å². The fourth-order valence-corrected chi connectivity index (χ4v) is 2.68. The van der Waals surface area contributed by atoms with Crippen LogP contribution in [0.4, 0.5) is 28.7 Å². The molecule has 0 atom stereocenters. The maximum Gasteiger partial charge on any atom is 0.149 e. The average molecular weight is 313 g/mol. The number of nitrogens with zero attached hydrogens (tertiary/aromatic N) is 4. The minimum absolute atomic E-state index is 0.341. The molecule has 1 aromatic heterocycles. The van der Waals surface area contributed by atoms with E-state index in [1.54, 1.807) is 6.07 Å². The second kappa shape index (κ2) is 4.76. The Morgan fingerprint density at radius 2 is 1.84 bits per heavy atom. The van der Waals surface area contributed by atoms with Gasteiger partial charge in [-0.2, -0.15) is 8.73 Å². The summed E-state index contributed by atoms with van der Waals surface area (Å²) in [7, 11) is 0. The molecule has 19 heavy (non-hydrogen) atoms. The summed E-state index contributed by atoms with van der Waals surface area (Å²) in [5, 5.41) is 3.94. The fourth-order valence-electron chi connectivity index (χ4n) is 1.52. The summed E-state index contributed by atoms with van der Waals surface area (Å²) < 4.78 is 8.30. The van der Waals surface area contributed by atoms with Gasteiger partial charge in [0.1, 0.15) is 23.0 Å². The van der Waals surface area contributed by atoms with E-state index in [4.69, 9.17) is 28.9 Å². The molecule has 0 aliphatic carbocycles. The highest BCUT2D eigenvalue weighted by Crippen LogP contribution is 2.48. The highest BCUT2D eigenvalue weighted by atomic mass is 35.5. The highest BCUT2D eigenvalue weighted by Gasteiger charge is 2.19. The lowest BCUT2D eigenvalue weighted by atomic mass is 10.2.